The largest absolute Gasteiger partial charge is 0.496 e. The first kappa shape index (κ1) is 17.0. The molecule has 1 fully saturated rings. The molecule has 1 aliphatic rings. The van der Waals surface area contributed by atoms with Crippen molar-refractivity contribution >= 4 is 34.9 Å². The minimum absolute atomic E-state index is 0.0755. The van der Waals surface area contributed by atoms with E-state index in [9.17, 15) is 14.4 Å². The number of rotatable bonds is 6. The summed E-state index contributed by atoms with van der Waals surface area (Å²) >= 11 is 0.775. The molecule has 2 rings (SSSR count). The Labute approximate surface area is 137 Å². The maximum atomic E-state index is 12.3. The van der Waals surface area contributed by atoms with Crippen molar-refractivity contribution < 1.29 is 24.2 Å². The third-order valence-corrected chi connectivity index (χ3v) is 3.94. The number of carbonyl (C=O) groups excluding carboxylic acids is 3. The highest BCUT2D eigenvalue weighted by atomic mass is 32.2. The summed E-state index contributed by atoms with van der Waals surface area (Å²) in [5.74, 6) is -0.440. The smallest absolute Gasteiger partial charge is 0.294 e. The van der Waals surface area contributed by atoms with Crippen LogP contribution < -0.4 is 10.1 Å². The molecule has 1 aromatic carbocycles. The van der Waals surface area contributed by atoms with Crippen LogP contribution in [0.15, 0.2) is 29.2 Å². The van der Waals surface area contributed by atoms with Gasteiger partial charge in [-0.3, -0.25) is 19.3 Å². The fourth-order valence-electron chi connectivity index (χ4n) is 1.96. The number of nitrogens with one attached hydrogen (secondary N) is 1. The molecule has 1 heterocycles. The average molecular weight is 336 g/mol. The number of para-hydroxylation sites is 1. The maximum absolute atomic E-state index is 12.3. The molecule has 0 aliphatic carbocycles. The van der Waals surface area contributed by atoms with Gasteiger partial charge in [0.05, 0.1) is 18.6 Å². The van der Waals surface area contributed by atoms with Crippen LogP contribution in [-0.2, 0) is 9.59 Å². The van der Waals surface area contributed by atoms with Gasteiger partial charge in [-0.25, -0.2) is 0 Å². The molecule has 0 bridgehead atoms. The van der Waals surface area contributed by atoms with Crippen molar-refractivity contribution in [2.24, 2.45) is 0 Å². The Bertz CT molecular complexity index is 659. The zero-order chi connectivity index (χ0) is 16.8. The van der Waals surface area contributed by atoms with Crippen LogP contribution in [-0.4, -0.2) is 53.9 Å². The standard InChI is InChI=1S/C15H16N2O5S/c1-22-11-5-3-2-4-10(11)8-12-14(20)17(15(21)23-12)9-13(19)16-6-7-18/h2-5,8,18H,6-7,9H2,1H3,(H,16,19)/b12-8-. The van der Waals surface area contributed by atoms with Crippen molar-refractivity contribution in [3.63, 3.8) is 0 Å². The Hall–Kier alpha value is -2.32. The number of aliphatic hydroxyl groups excluding tert-OH is 1. The molecule has 23 heavy (non-hydrogen) atoms. The highest BCUT2D eigenvalue weighted by Gasteiger charge is 2.36. The van der Waals surface area contributed by atoms with Crippen molar-refractivity contribution in [1.29, 1.82) is 0 Å². The van der Waals surface area contributed by atoms with Crippen molar-refractivity contribution in [2.75, 3.05) is 26.8 Å². The fourth-order valence-corrected chi connectivity index (χ4v) is 2.79. The minimum Gasteiger partial charge on any atom is -0.496 e. The third kappa shape index (κ3) is 4.11. The summed E-state index contributed by atoms with van der Waals surface area (Å²) in [4.78, 5) is 36.9. The van der Waals surface area contributed by atoms with Crippen molar-refractivity contribution in [2.45, 2.75) is 0 Å². The van der Waals surface area contributed by atoms with Crippen molar-refractivity contribution in [3.05, 3.63) is 34.7 Å². The van der Waals surface area contributed by atoms with Gasteiger partial charge in [0, 0.05) is 12.1 Å². The van der Waals surface area contributed by atoms with Gasteiger partial charge in [-0.1, -0.05) is 18.2 Å². The van der Waals surface area contributed by atoms with E-state index in [2.05, 4.69) is 5.32 Å². The van der Waals surface area contributed by atoms with Gasteiger partial charge in [0.15, 0.2) is 0 Å². The van der Waals surface area contributed by atoms with Crippen LogP contribution in [0.2, 0.25) is 0 Å². The van der Waals surface area contributed by atoms with Gasteiger partial charge in [-0.05, 0) is 23.9 Å². The van der Waals surface area contributed by atoms with E-state index in [0.29, 0.717) is 11.3 Å². The Morgan fingerprint density at radius 1 is 1.39 bits per heavy atom. The second kappa shape index (κ2) is 7.80. The Morgan fingerprint density at radius 3 is 2.83 bits per heavy atom. The summed E-state index contributed by atoms with van der Waals surface area (Å²) in [6.45, 7) is -0.499. The molecule has 0 spiro atoms. The SMILES string of the molecule is COc1ccccc1/C=C1\SC(=O)N(CC(=O)NCCO)C1=O. The minimum atomic E-state index is -0.523. The molecule has 8 heteroatoms. The van der Waals surface area contributed by atoms with Gasteiger partial charge in [-0.15, -0.1) is 0 Å². The van der Waals surface area contributed by atoms with Gasteiger partial charge in [0.25, 0.3) is 11.1 Å². The second-order valence-corrected chi connectivity index (χ2v) is 5.58. The quantitative estimate of drug-likeness (QED) is 0.748. The van der Waals surface area contributed by atoms with E-state index in [4.69, 9.17) is 9.84 Å². The number of ether oxygens (including phenoxy) is 1. The average Bonchev–Trinajstić information content (AvgIpc) is 2.81. The number of hydrogen-bond donors (Lipinski definition) is 2. The molecular weight excluding hydrogens is 320 g/mol. The number of imide groups is 1. The molecule has 0 radical (unpaired) electrons. The number of thioether (sulfide) groups is 1. The topological polar surface area (TPSA) is 95.9 Å². The zero-order valence-corrected chi connectivity index (χ0v) is 13.3. The lowest BCUT2D eigenvalue weighted by Crippen LogP contribution is -2.40. The van der Waals surface area contributed by atoms with Crippen molar-refractivity contribution in [3.8, 4) is 5.75 Å². The molecular formula is C15H16N2O5S. The van der Waals surface area contributed by atoms with Crippen LogP contribution in [0, 0.1) is 0 Å². The molecule has 1 saturated heterocycles. The van der Waals surface area contributed by atoms with Crippen LogP contribution in [0.4, 0.5) is 4.79 Å². The number of hydrogen-bond acceptors (Lipinski definition) is 6. The monoisotopic (exact) mass is 336 g/mol. The van der Waals surface area contributed by atoms with Crippen LogP contribution >= 0.6 is 11.8 Å². The highest BCUT2D eigenvalue weighted by Crippen LogP contribution is 2.33. The number of aliphatic hydroxyl groups is 1. The number of amides is 3. The Balaban J connectivity index is 2.14. The molecule has 0 atom stereocenters. The van der Waals surface area contributed by atoms with Crippen molar-refractivity contribution in [1.82, 2.24) is 10.2 Å². The van der Waals surface area contributed by atoms with Gasteiger partial charge in [0.2, 0.25) is 5.91 Å². The van der Waals surface area contributed by atoms with E-state index in [1.165, 1.54) is 7.11 Å². The summed E-state index contributed by atoms with van der Waals surface area (Å²) in [5, 5.41) is 10.5. The van der Waals surface area contributed by atoms with E-state index in [0.717, 1.165) is 16.7 Å². The summed E-state index contributed by atoms with van der Waals surface area (Å²) in [5.41, 5.74) is 0.672. The Morgan fingerprint density at radius 2 is 2.13 bits per heavy atom. The summed E-state index contributed by atoms with van der Waals surface area (Å²) in [7, 11) is 1.52. The van der Waals surface area contributed by atoms with Crippen LogP contribution in [0.3, 0.4) is 0 Å². The lowest BCUT2D eigenvalue weighted by Gasteiger charge is -2.11. The fraction of sp³-hybridized carbons (Fsp3) is 0.267. The number of nitrogens with zero attached hydrogens (tertiary/aromatic N) is 1. The lowest BCUT2D eigenvalue weighted by molar-refractivity contribution is -0.129. The third-order valence-electron chi connectivity index (χ3n) is 3.03. The normalized spacial score (nSPS) is 16.1. The lowest BCUT2D eigenvalue weighted by atomic mass is 10.2. The van der Waals surface area contributed by atoms with Gasteiger partial charge >= 0.3 is 0 Å². The van der Waals surface area contributed by atoms with Crippen LogP contribution in [0.5, 0.6) is 5.75 Å². The second-order valence-electron chi connectivity index (χ2n) is 4.58. The van der Waals surface area contributed by atoms with E-state index in [1.54, 1.807) is 30.3 Å². The van der Waals surface area contributed by atoms with E-state index < -0.39 is 17.1 Å². The summed E-state index contributed by atoms with van der Waals surface area (Å²) in [6, 6.07) is 7.10. The molecule has 0 aromatic heterocycles. The number of carbonyl (C=O) groups is 3. The first-order chi connectivity index (χ1) is 11.1. The number of benzene rings is 1. The van der Waals surface area contributed by atoms with E-state index in [-0.39, 0.29) is 24.6 Å². The highest BCUT2D eigenvalue weighted by molar-refractivity contribution is 8.18. The van der Waals surface area contributed by atoms with Gasteiger partial charge in [-0.2, -0.15) is 0 Å². The maximum Gasteiger partial charge on any atom is 0.294 e. The predicted molar refractivity (Wildman–Crippen MR) is 85.8 cm³/mol. The molecule has 0 unspecified atom stereocenters. The Kier molecular flexibility index (Phi) is 5.78. The predicted octanol–water partition coefficient (Wildman–Crippen LogP) is 0.840. The van der Waals surface area contributed by atoms with Gasteiger partial charge < -0.3 is 15.2 Å². The first-order valence-electron chi connectivity index (χ1n) is 6.82. The van der Waals surface area contributed by atoms with Crippen LogP contribution in [0.1, 0.15) is 5.56 Å². The molecule has 2 N–H and O–H groups in total. The van der Waals surface area contributed by atoms with Crippen LogP contribution in [0.25, 0.3) is 6.08 Å². The summed E-state index contributed by atoms with van der Waals surface area (Å²) < 4.78 is 5.20. The molecule has 7 nitrogen and oxygen atoms in total. The van der Waals surface area contributed by atoms with Gasteiger partial charge in [0.1, 0.15) is 12.3 Å². The molecule has 1 aromatic rings. The molecule has 1 aliphatic heterocycles. The zero-order valence-electron chi connectivity index (χ0n) is 12.4. The summed E-state index contributed by atoms with van der Waals surface area (Å²) in [6.07, 6.45) is 1.56. The van der Waals surface area contributed by atoms with E-state index in [1.807, 2.05) is 0 Å². The van der Waals surface area contributed by atoms with E-state index >= 15 is 0 Å². The molecule has 3 amide bonds. The first-order valence-corrected chi connectivity index (χ1v) is 7.64. The molecule has 122 valence electrons. The molecule has 0 saturated carbocycles. The number of methoxy groups -OCH3 is 1.